The lowest BCUT2D eigenvalue weighted by molar-refractivity contribution is 0.302. The van der Waals surface area contributed by atoms with Gasteiger partial charge in [-0.05, 0) is 42.7 Å². The van der Waals surface area contributed by atoms with E-state index < -0.39 is 10.8 Å². The number of hydrogen-bond acceptors (Lipinski definition) is 3. The van der Waals surface area contributed by atoms with Crippen molar-refractivity contribution in [1.29, 1.82) is 0 Å². The minimum atomic E-state index is -0.851. The first-order valence-electron chi connectivity index (χ1n) is 5.86. The summed E-state index contributed by atoms with van der Waals surface area (Å²) < 4.78 is 13.5. The van der Waals surface area contributed by atoms with Crippen LogP contribution in [0.2, 0.25) is 0 Å². The third-order valence-electron chi connectivity index (χ3n) is 3.46. The molecule has 0 amide bonds. The fourth-order valence-electron chi connectivity index (χ4n) is 2.45. The molecule has 16 heavy (non-hydrogen) atoms. The summed E-state index contributed by atoms with van der Waals surface area (Å²) in [4.78, 5) is 0. The van der Waals surface area contributed by atoms with Gasteiger partial charge in [-0.1, -0.05) is 19.4 Å². The number of nitrogens with two attached hydrogens (primary N) is 1. The van der Waals surface area contributed by atoms with Crippen molar-refractivity contribution in [1.82, 2.24) is 0 Å². The number of rotatable bonds is 3. The summed E-state index contributed by atoms with van der Waals surface area (Å²) in [7, 11) is -0.851. The van der Waals surface area contributed by atoms with Crippen molar-refractivity contribution < 1.29 is 4.21 Å². The van der Waals surface area contributed by atoms with Crippen molar-refractivity contribution in [3.8, 4) is 0 Å². The molecule has 1 heterocycles. The van der Waals surface area contributed by atoms with E-state index in [2.05, 4.69) is 6.92 Å². The van der Waals surface area contributed by atoms with Crippen molar-refractivity contribution in [3.05, 3.63) is 17.5 Å². The van der Waals surface area contributed by atoms with Gasteiger partial charge in [0.25, 0.3) is 0 Å². The Balaban J connectivity index is 2.13. The van der Waals surface area contributed by atoms with Crippen LogP contribution >= 0.6 is 11.3 Å². The summed E-state index contributed by atoms with van der Waals surface area (Å²) in [6.07, 6.45) is 3.44. The van der Waals surface area contributed by atoms with Gasteiger partial charge in [-0.3, -0.25) is 4.21 Å². The fourth-order valence-corrected chi connectivity index (χ4v) is 5.43. The molecule has 1 fully saturated rings. The second-order valence-corrected chi connectivity index (χ2v) is 7.53. The first kappa shape index (κ1) is 12.3. The maximum atomic E-state index is 12.4. The molecule has 0 radical (unpaired) electrons. The first-order valence-corrected chi connectivity index (χ1v) is 7.95. The van der Waals surface area contributed by atoms with Gasteiger partial charge < -0.3 is 5.73 Å². The highest BCUT2D eigenvalue weighted by Gasteiger charge is 2.32. The SMILES string of the molecule is CC1CCC(CN)C(S(=O)c2cccs2)C1. The Hall–Kier alpha value is -0.190. The van der Waals surface area contributed by atoms with Gasteiger partial charge in [0, 0.05) is 5.25 Å². The first-order chi connectivity index (χ1) is 7.72. The minimum Gasteiger partial charge on any atom is -0.330 e. The molecule has 1 aromatic rings. The second-order valence-electron chi connectivity index (χ2n) is 4.68. The summed E-state index contributed by atoms with van der Waals surface area (Å²) in [6, 6.07) is 3.95. The van der Waals surface area contributed by atoms with E-state index >= 15 is 0 Å². The van der Waals surface area contributed by atoms with Crippen LogP contribution in [0.1, 0.15) is 26.2 Å². The lowest BCUT2D eigenvalue weighted by Gasteiger charge is -2.33. The Bertz CT molecular complexity index is 350. The third-order valence-corrected chi connectivity index (χ3v) is 6.56. The third kappa shape index (κ3) is 2.55. The Morgan fingerprint density at radius 2 is 2.38 bits per heavy atom. The van der Waals surface area contributed by atoms with Gasteiger partial charge in [0.15, 0.2) is 0 Å². The molecule has 1 aliphatic carbocycles. The van der Waals surface area contributed by atoms with Gasteiger partial charge in [-0.2, -0.15) is 0 Å². The highest BCUT2D eigenvalue weighted by atomic mass is 32.2. The fraction of sp³-hybridized carbons (Fsp3) is 0.667. The summed E-state index contributed by atoms with van der Waals surface area (Å²) in [6.45, 7) is 2.93. The van der Waals surface area contributed by atoms with Crippen LogP contribution in [-0.4, -0.2) is 16.0 Å². The molecule has 2 nitrogen and oxygen atoms in total. The molecule has 0 aliphatic heterocycles. The average Bonchev–Trinajstić information content (AvgIpc) is 2.81. The highest BCUT2D eigenvalue weighted by molar-refractivity contribution is 7.87. The normalized spacial score (nSPS) is 32.5. The van der Waals surface area contributed by atoms with Gasteiger partial charge in [-0.15, -0.1) is 11.3 Å². The zero-order valence-corrected chi connectivity index (χ0v) is 11.2. The van der Waals surface area contributed by atoms with E-state index in [4.69, 9.17) is 5.73 Å². The lowest BCUT2D eigenvalue weighted by Crippen LogP contribution is -2.36. The largest absolute Gasteiger partial charge is 0.330 e. The molecular formula is C12H19NOS2. The predicted octanol–water partition coefficient (Wildman–Crippen LogP) is 2.62. The topological polar surface area (TPSA) is 43.1 Å². The van der Waals surface area contributed by atoms with E-state index in [1.807, 2.05) is 17.5 Å². The Morgan fingerprint density at radius 1 is 1.56 bits per heavy atom. The predicted molar refractivity (Wildman–Crippen MR) is 70.1 cm³/mol. The monoisotopic (exact) mass is 257 g/mol. The Kier molecular flexibility index (Phi) is 4.16. The molecule has 1 aliphatic rings. The summed E-state index contributed by atoms with van der Waals surface area (Å²) >= 11 is 1.60. The van der Waals surface area contributed by atoms with E-state index in [0.717, 1.165) is 17.1 Å². The minimum absolute atomic E-state index is 0.271. The number of thiophene rings is 1. The molecule has 4 atom stereocenters. The Labute approximate surface area is 104 Å². The molecule has 4 heteroatoms. The van der Waals surface area contributed by atoms with Crippen molar-refractivity contribution in [2.75, 3.05) is 6.54 Å². The maximum Gasteiger partial charge on any atom is 0.0913 e. The molecule has 0 aromatic carbocycles. The van der Waals surface area contributed by atoms with Gasteiger partial charge >= 0.3 is 0 Å². The van der Waals surface area contributed by atoms with Crippen molar-refractivity contribution in [3.63, 3.8) is 0 Å². The van der Waals surface area contributed by atoms with E-state index in [1.165, 1.54) is 6.42 Å². The second kappa shape index (κ2) is 5.43. The van der Waals surface area contributed by atoms with Crippen molar-refractivity contribution >= 4 is 22.1 Å². The van der Waals surface area contributed by atoms with E-state index in [-0.39, 0.29) is 5.25 Å². The Morgan fingerprint density at radius 3 is 3.00 bits per heavy atom. The van der Waals surface area contributed by atoms with Crippen LogP contribution in [0, 0.1) is 11.8 Å². The van der Waals surface area contributed by atoms with E-state index in [1.54, 1.807) is 11.3 Å². The van der Waals surface area contributed by atoms with Crippen LogP contribution < -0.4 is 5.73 Å². The molecule has 0 bridgehead atoms. The summed E-state index contributed by atoms with van der Waals surface area (Å²) in [5.41, 5.74) is 5.80. The van der Waals surface area contributed by atoms with Gasteiger partial charge in [0.2, 0.25) is 0 Å². The van der Waals surface area contributed by atoms with E-state index in [9.17, 15) is 4.21 Å². The standard InChI is InChI=1S/C12H19NOS2/c1-9-4-5-10(8-13)11(7-9)16(14)12-3-2-6-15-12/h2-3,6,9-11H,4-5,7-8,13H2,1H3. The summed E-state index contributed by atoms with van der Waals surface area (Å²) in [5, 5.41) is 2.27. The smallest absolute Gasteiger partial charge is 0.0913 e. The van der Waals surface area contributed by atoms with Crippen molar-refractivity contribution in [2.24, 2.45) is 17.6 Å². The zero-order valence-electron chi connectivity index (χ0n) is 9.59. The molecule has 90 valence electrons. The molecule has 0 spiro atoms. The average molecular weight is 257 g/mol. The lowest BCUT2D eigenvalue weighted by atomic mass is 9.82. The molecule has 1 saturated carbocycles. The van der Waals surface area contributed by atoms with Crippen LogP contribution in [0.4, 0.5) is 0 Å². The molecule has 4 unspecified atom stereocenters. The molecule has 0 saturated heterocycles. The van der Waals surface area contributed by atoms with Crippen LogP contribution in [0.3, 0.4) is 0 Å². The molecular weight excluding hydrogens is 238 g/mol. The molecule has 2 rings (SSSR count). The van der Waals surface area contributed by atoms with Crippen molar-refractivity contribution in [2.45, 2.75) is 35.6 Å². The maximum absolute atomic E-state index is 12.4. The van der Waals surface area contributed by atoms with E-state index in [0.29, 0.717) is 18.4 Å². The van der Waals surface area contributed by atoms with Crippen LogP contribution in [0.25, 0.3) is 0 Å². The van der Waals surface area contributed by atoms with Crippen LogP contribution in [-0.2, 0) is 10.8 Å². The van der Waals surface area contributed by atoms with Gasteiger partial charge in [0.05, 0.1) is 15.0 Å². The van der Waals surface area contributed by atoms with Crippen LogP contribution in [0.15, 0.2) is 21.7 Å². The molecule has 2 N–H and O–H groups in total. The summed E-state index contributed by atoms with van der Waals surface area (Å²) in [5.74, 6) is 1.14. The highest BCUT2D eigenvalue weighted by Crippen LogP contribution is 2.34. The van der Waals surface area contributed by atoms with Gasteiger partial charge in [-0.25, -0.2) is 0 Å². The number of hydrogen-bond donors (Lipinski definition) is 1. The molecule has 1 aromatic heterocycles. The zero-order chi connectivity index (χ0) is 11.5. The quantitative estimate of drug-likeness (QED) is 0.904. The van der Waals surface area contributed by atoms with Gasteiger partial charge in [0.1, 0.15) is 0 Å². The van der Waals surface area contributed by atoms with Crippen LogP contribution in [0.5, 0.6) is 0 Å².